The van der Waals surface area contributed by atoms with Gasteiger partial charge in [-0.1, -0.05) is 11.8 Å². The molecule has 0 radical (unpaired) electrons. The van der Waals surface area contributed by atoms with Crippen LogP contribution in [0.15, 0.2) is 46.2 Å². The molecule has 0 spiro atoms. The van der Waals surface area contributed by atoms with E-state index >= 15 is 0 Å². The summed E-state index contributed by atoms with van der Waals surface area (Å²) in [4.78, 5) is 43.2. The average molecular weight is 426 g/mol. The third-order valence-electron chi connectivity index (χ3n) is 2.86. The fraction of sp³-hybridized carbons (Fsp3) is 0. The van der Waals surface area contributed by atoms with Gasteiger partial charge in [0.2, 0.25) is 0 Å². The molecule has 29 heavy (non-hydrogen) atoms. The largest absolute Gasteiger partial charge is 0.511 e. The molecule has 0 fully saturated rings. The van der Waals surface area contributed by atoms with Crippen LogP contribution in [-0.2, 0) is 0 Å². The van der Waals surface area contributed by atoms with Gasteiger partial charge in [-0.2, -0.15) is 0 Å². The average Bonchev–Trinajstić information content (AvgIpc) is 2.57. The minimum absolute atomic E-state index is 0.00568. The molecule has 2 rings (SSSR count). The first-order valence-electron chi connectivity index (χ1n) is 7.23. The van der Waals surface area contributed by atoms with Crippen molar-refractivity contribution in [3.8, 4) is 23.0 Å². The van der Waals surface area contributed by atoms with Gasteiger partial charge in [0.05, 0.1) is 9.79 Å². The molecule has 2 aromatic carbocycles. The Balaban J connectivity index is 2.50. The molecule has 13 heteroatoms. The van der Waals surface area contributed by atoms with E-state index in [0.29, 0.717) is 11.8 Å². The highest BCUT2D eigenvalue weighted by Gasteiger charge is 2.18. The van der Waals surface area contributed by atoms with Crippen molar-refractivity contribution >= 4 is 36.4 Å². The Bertz CT molecular complexity index is 893. The summed E-state index contributed by atoms with van der Waals surface area (Å²) in [5, 5.41) is 35.1. The molecule has 2 aromatic rings. The molecule has 4 N–H and O–H groups in total. The Morgan fingerprint density at radius 1 is 0.586 bits per heavy atom. The van der Waals surface area contributed by atoms with Crippen LogP contribution >= 0.6 is 11.8 Å². The Kier molecular flexibility index (Phi) is 6.71. The van der Waals surface area contributed by atoms with E-state index in [1.54, 1.807) is 0 Å². The molecule has 12 nitrogen and oxygen atoms in total. The summed E-state index contributed by atoms with van der Waals surface area (Å²) in [6, 6.07) is 6.73. The van der Waals surface area contributed by atoms with E-state index < -0.39 is 24.6 Å². The highest BCUT2D eigenvalue weighted by molar-refractivity contribution is 7.99. The van der Waals surface area contributed by atoms with Gasteiger partial charge in [-0.15, -0.1) is 0 Å². The van der Waals surface area contributed by atoms with E-state index in [-0.39, 0.29) is 32.8 Å². The molecule has 0 aliphatic rings. The minimum Gasteiger partial charge on any atom is -0.449 e. The van der Waals surface area contributed by atoms with Crippen molar-refractivity contribution in [2.75, 3.05) is 0 Å². The maximum atomic E-state index is 10.9. The zero-order chi connectivity index (χ0) is 21.6. The first kappa shape index (κ1) is 21.2. The monoisotopic (exact) mass is 426 g/mol. The molecule has 152 valence electrons. The second-order valence-electron chi connectivity index (χ2n) is 4.79. The van der Waals surface area contributed by atoms with Crippen LogP contribution in [0.2, 0.25) is 0 Å². The van der Waals surface area contributed by atoms with Gasteiger partial charge in [-0.3, -0.25) is 0 Å². The van der Waals surface area contributed by atoms with Gasteiger partial charge in [0.15, 0.2) is 0 Å². The topological polar surface area (TPSA) is 186 Å². The first-order valence-corrected chi connectivity index (χ1v) is 8.04. The summed E-state index contributed by atoms with van der Waals surface area (Å²) in [6.07, 6.45) is -6.58. The Morgan fingerprint density at radius 2 is 0.931 bits per heavy atom. The molecule has 0 unspecified atom stereocenters. The fourth-order valence-corrected chi connectivity index (χ4v) is 2.95. The lowest BCUT2D eigenvalue weighted by Crippen LogP contribution is -2.07. The molecule has 0 aliphatic carbocycles. The number of benzene rings is 2. The molecule has 0 heterocycles. The number of rotatable bonds is 6. The molecule has 0 amide bonds. The fourth-order valence-electron chi connectivity index (χ4n) is 1.94. The third-order valence-corrected chi connectivity index (χ3v) is 3.93. The van der Waals surface area contributed by atoms with E-state index in [4.69, 9.17) is 20.4 Å². The van der Waals surface area contributed by atoms with Crippen LogP contribution in [-0.4, -0.2) is 45.0 Å². The number of carboxylic acid groups (broad SMARTS) is 4. The van der Waals surface area contributed by atoms with Crippen LogP contribution in [0.1, 0.15) is 0 Å². The van der Waals surface area contributed by atoms with Gasteiger partial charge in [-0.05, 0) is 36.4 Å². The second kappa shape index (κ2) is 9.18. The van der Waals surface area contributed by atoms with Crippen LogP contribution in [0.25, 0.3) is 0 Å². The van der Waals surface area contributed by atoms with Gasteiger partial charge in [-0.25, -0.2) is 19.2 Å². The molecule has 0 saturated carbocycles. The van der Waals surface area contributed by atoms with Crippen molar-refractivity contribution in [1.29, 1.82) is 0 Å². The molecule has 0 aromatic heterocycles. The lowest BCUT2D eigenvalue weighted by molar-refractivity contribution is 0.140. The smallest absolute Gasteiger partial charge is 0.449 e. The number of carbonyl (C=O) groups is 4. The summed E-state index contributed by atoms with van der Waals surface area (Å²) >= 11 is 0.685. The van der Waals surface area contributed by atoms with Crippen LogP contribution in [0.3, 0.4) is 0 Å². The summed E-state index contributed by atoms with van der Waals surface area (Å²) < 4.78 is 18.2. The van der Waals surface area contributed by atoms with Crippen molar-refractivity contribution in [3.05, 3.63) is 36.4 Å². The SMILES string of the molecule is O=C(O)Oc1ccc(OC(=O)O)c(Sc2cc(OC(=O)O)ccc2OC(=O)O)c1. The molecule has 0 aliphatic heterocycles. The molecule has 0 atom stereocenters. The van der Waals surface area contributed by atoms with Crippen LogP contribution in [0.4, 0.5) is 19.2 Å². The summed E-state index contributed by atoms with van der Waals surface area (Å²) in [6.45, 7) is 0. The van der Waals surface area contributed by atoms with Gasteiger partial charge in [0.25, 0.3) is 0 Å². The quantitative estimate of drug-likeness (QED) is 0.383. The highest BCUT2D eigenvalue weighted by Crippen LogP contribution is 2.43. The highest BCUT2D eigenvalue weighted by atomic mass is 32.2. The van der Waals surface area contributed by atoms with Crippen LogP contribution < -0.4 is 18.9 Å². The summed E-state index contributed by atoms with van der Waals surface area (Å²) in [5.41, 5.74) is 0. The zero-order valence-electron chi connectivity index (χ0n) is 13.9. The molecular weight excluding hydrogens is 416 g/mol. The second-order valence-corrected chi connectivity index (χ2v) is 5.87. The predicted octanol–water partition coefficient (Wildman–Crippen LogP) is 4.07. The Labute approximate surface area is 164 Å². The minimum atomic E-state index is -1.66. The lowest BCUT2D eigenvalue weighted by atomic mass is 10.3. The van der Waals surface area contributed by atoms with E-state index in [2.05, 4.69) is 18.9 Å². The normalized spacial score (nSPS) is 9.93. The van der Waals surface area contributed by atoms with Crippen molar-refractivity contribution in [3.63, 3.8) is 0 Å². The maximum absolute atomic E-state index is 10.9. The van der Waals surface area contributed by atoms with Crippen LogP contribution in [0, 0.1) is 0 Å². The van der Waals surface area contributed by atoms with E-state index in [1.165, 1.54) is 0 Å². The van der Waals surface area contributed by atoms with E-state index in [9.17, 15) is 19.2 Å². The molecule has 0 bridgehead atoms. The van der Waals surface area contributed by atoms with Crippen molar-refractivity contribution in [1.82, 2.24) is 0 Å². The predicted molar refractivity (Wildman–Crippen MR) is 91.6 cm³/mol. The molecular formula is C16H10O12S. The van der Waals surface area contributed by atoms with Crippen molar-refractivity contribution in [2.24, 2.45) is 0 Å². The van der Waals surface area contributed by atoms with E-state index in [0.717, 1.165) is 36.4 Å². The van der Waals surface area contributed by atoms with Crippen molar-refractivity contribution in [2.45, 2.75) is 9.79 Å². The lowest BCUT2D eigenvalue weighted by Gasteiger charge is -2.12. The number of ether oxygens (including phenoxy) is 4. The first-order chi connectivity index (χ1) is 13.6. The van der Waals surface area contributed by atoms with Crippen LogP contribution in [0.5, 0.6) is 23.0 Å². The Hall–Kier alpha value is -4.13. The van der Waals surface area contributed by atoms with Crippen molar-refractivity contribution < 1.29 is 58.6 Å². The van der Waals surface area contributed by atoms with E-state index in [1.807, 2.05) is 0 Å². The number of hydrogen-bond donors (Lipinski definition) is 4. The summed E-state index contributed by atoms with van der Waals surface area (Å²) in [5.74, 6) is -0.829. The third kappa shape index (κ3) is 6.51. The summed E-state index contributed by atoms with van der Waals surface area (Å²) in [7, 11) is 0. The number of hydrogen-bond acceptors (Lipinski definition) is 9. The standard InChI is InChI=1S/C16H10O12S/c17-13(18)25-7-1-3-9(27-15(21)22)11(5-7)29-12-6-8(26-14(19)20)2-4-10(12)28-16(23)24/h1-6H,(H,17,18)(H,19,20)(H,21,22)(H,23,24). The zero-order valence-corrected chi connectivity index (χ0v) is 14.7. The maximum Gasteiger partial charge on any atom is 0.511 e. The van der Waals surface area contributed by atoms with Gasteiger partial charge >= 0.3 is 24.6 Å². The van der Waals surface area contributed by atoms with Gasteiger partial charge in [0.1, 0.15) is 23.0 Å². The molecule has 0 saturated heterocycles. The van der Waals surface area contributed by atoms with Gasteiger partial charge < -0.3 is 39.4 Å². The Morgan fingerprint density at radius 3 is 1.24 bits per heavy atom. The van der Waals surface area contributed by atoms with Gasteiger partial charge in [0, 0.05) is 0 Å².